The van der Waals surface area contributed by atoms with Crippen molar-refractivity contribution in [2.24, 2.45) is 10.3 Å². The fourth-order valence-corrected chi connectivity index (χ4v) is 5.33. The van der Waals surface area contributed by atoms with E-state index in [0.717, 1.165) is 12.8 Å². The van der Waals surface area contributed by atoms with Gasteiger partial charge in [-0.05, 0) is 37.1 Å². The van der Waals surface area contributed by atoms with Gasteiger partial charge in [-0.1, -0.05) is 38.3 Å². The maximum atomic E-state index is 11.7. The van der Waals surface area contributed by atoms with Crippen LogP contribution in [-0.2, 0) is 32.9 Å². The van der Waals surface area contributed by atoms with Gasteiger partial charge >= 0.3 is 0 Å². The molecule has 0 bridgehead atoms. The number of halogens is 1. The van der Waals surface area contributed by atoms with Gasteiger partial charge in [0.15, 0.2) is 21.3 Å². The van der Waals surface area contributed by atoms with Crippen LogP contribution in [-0.4, -0.2) is 60.1 Å². The van der Waals surface area contributed by atoms with Crippen LogP contribution in [0.5, 0.6) is 0 Å². The summed E-state index contributed by atoms with van der Waals surface area (Å²) in [6.45, 7) is 3.88. The van der Waals surface area contributed by atoms with E-state index in [4.69, 9.17) is 21.9 Å². The van der Waals surface area contributed by atoms with Crippen LogP contribution < -0.4 is 15.2 Å². The zero-order valence-corrected chi connectivity index (χ0v) is 22.6. The Bertz CT molecular complexity index is 1610. The molecule has 0 atom stereocenters. The van der Waals surface area contributed by atoms with Gasteiger partial charge in [-0.15, -0.1) is 5.10 Å². The van der Waals surface area contributed by atoms with E-state index in [1.807, 2.05) is 27.9 Å². The Morgan fingerprint density at radius 1 is 0.806 bits per heavy atom. The third-order valence-corrected chi connectivity index (χ3v) is 7.03. The number of fused-ring (bicyclic) bond motifs is 2. The highest BCUT2D eigenvalue weighted by Gasteiger charge is 2.23. The van der Waals surface area contributed by atoms with Crippen molar-refractivity contribution in [1.29, 1.82) is 0 Å². The predicted molar refractivity (Wildman–Crippen MR) is 136 cm³/mol. The van der Waals surface area contributed by atoms with E-state index < -0.39 is 20.0 Å². The lowest BCUT2D eigenvalue weighted by atomic mass is 10.3. The normalized spacial score (nSPS) is 12.1. The minimum atomic E-state index is -3.88. The summed E-state index contributed by atoms with van der Waals surface area (Å²) in [5.41, 5.74) is 1.79. The lowest BCUT2D eigenvalue weighted by Crippen LogP contribution is -2.19. The number of aryl methyl sites for hydroxylation is 2. The average Bonchev–Trinajstić information content (AvgIpc) is 3.31. The number of hydrogen-bond acceptors (Lipinski definition) is 9. The Hall–Kier alpha value is -2.85. The summed E-state index contributed by atoms with van der Waals surface area (Å²) >= 11 is 5.73. The maximum Gasteiger partial charge on any atom is 0.257 e. The first kappa shape index (κ1) is 27.7. The summed E-state index contributed by atoms with van der Waals surface area (Å²) < 4.78 is 49.1. The molecule has 0 aromatic carbocycles. The van der Waals surface area contributed by atoms with E-state index in [2.05, 4.69) is 20.2 Å². The minimum absolute atomic E-state index is 0.0203. The molecule has 0 radical (unpaired) electrons. The first-order valence-corrected chi connectivity index (χ1v) is 14.4. The highest BCUT2D eigenvalue weighted by atomic mass is 35.5. The molecule has 196 valence electrons. The van der Waals surface area contributed by atoms with Gasteiger partial charge < -0.3 is 4.90 Å². The summed E-state index contributed by atoms with van der Waals surface area (Å²) in [6, 6.07) is 6.66. The fourth-order valence-electron chi connectivity index (χ4n) is 3.49. The molecule has 0 unspecified atom stereocenters. The van der Waals surface area contributed by atoms with Gasteiger partial charge in [-0.2, -0.15) is 14.1 Å². The highest BCUT2D eigenvalue weighted by molar-refractivity contribution is 7.89. The first-order valence-electron chi connectivity index (χ1n) is 10.9. The molecule has 13 nitrogen and oxygen atoms in total. The predicted octanol–water partition coefficient (Wildman–Crippen LogP) is 1.38. The number of rotatable bonds is 7. The van der Waals surface area contributed by atoms with Crippen molar-refractivity contribution in [3.63, 3.8) is 0 Å². The Morgan fingerprint density at radius 3 is 1.67 bits per heavy atom. The number of nitrogens with two attached hydrogens (primary N) is 2. The Morgan fingerprint density at radius 2 is 1.25 bits per heavy atom. The van der Waals surface area contributed by atoms with E-state index in [1.54, 1.807) is 29.2 Å². The van der Waals surface area contributed by atoms with Crippen LogP contribution in [0.2, 0.25) is 5.15 Å². The average molecular weight is 558 g/mol. The van der Waals surface area contributed by atoms with E-state index in [1.165, 1.54) is 9.03 Å². The lowest BCUT2D eigenvalue weighted by Gasteiger charge is -2.11. The topological polar surface area (TPSA) is 184 Å². The Labute approximate surface area is 214 Å². The molecule has 0 fully saturated rings. The van der Waals surface area contributed by atoms with Gasteiger partial charge in [0.2, 0.25) is 0 Å². The molecule has 16 heteroatoms. The molecule has 4 aromatic rings. The molecular weight excluding hydrogens is 530 g/mol. The van der Waals surface area contributed by atoms with E-state index in [-0.39, 0.29) is 15.2 Å². The fraction of sp³-hybridized carbons (Fsp3) is 0.400. The second-order valence-corrected chi connectivity index (χ2v) is 11.4. The van der Waals surface area contributed by atoms with E-state index in [9.17, 15) is 16.8 Å². The molecular formula is C20H28ClN9O4S2. The van der Waals surface area contributed by atoms with Crippen LogP contribution in [0, 0.1) is 0 Å². The SMILES string of the molecule is CCCc1nc2ccc(Cl)nn2c1S(N)(=O)=O.CCCc1nc2ccc(N(C)C)nn2c1S(N)(=O)=O. The monoisotopic (exact) mass is 557 g/mol. The van der Waals surface area contributed by atoms with Gasteiger partial charge in [-0.25, -0.2) is 37.1 Å². The maximum absolute atomic E-state index is 11.7. The zero-order valence-electron chi connectivity index (χ0n) is 20.3. The van der Waals surface area contributed by atoms with Crippen LogP contribution in [0.1, 0.15) is 38.1 Å². The van der Waals surface area contributed by atoms with Gasteiger partial charge in [0.25, 0.3) is 20.0 Å². The Balaban J connectivity index is 0.000000202. The quantitative estimate of drug-likeness (QED) is 0.338. The summed E-state index contributed by atoms with van der Waals surface area (Å²) in [4.78, 5) is 10.3. The lowest BCUT2D eigenvalue weighted by molar-refractivity contribution is 0.585. The van der Waals surface area contributed by atoms with Crippen LogP contribution in [0.3, 0.4) is 0 Å². The van der Waals surface area contributed by atoms with Gasteiger partial charge in [0.1, 0.15) is 11.0 Å². The smallest absolute Gasteiger partial charge is 0.257 e. The second-order valence-electron chi connectivity index (χ2n) is 8.10. The van der Waals surface area contributed by atoms with Gasteiger partial charge in [0.05, 0.1) is 11.4 Å². The number of imidazole rings is 2. The molecule has 0 aliphatic rings. The standard InChI is InChI=1S/C11H17N5O2S.C9H11ClN4O2S/c1-4-5-8-11(19(12,17)18)16-9(13-8)6-7-10(14-16)15(2)3;1-2-3-6-9(17(11,15)16)14-8(12-6)5-4-7(10)13-14/h6-7H,4-5H2,1-3H3,(H2,12,17,18);4-5H,2-3H2,1H3,(H2,11,15,16). The summed E-state index contributed by atoms with van der Waals surface area (Å²) in [6.07, 6.45) is 2.62. The van der Waals surface area contributed by atoms with Crippen LogP contribution in [0.15, 0.2) is 34.3 Å². The minimum Gasteiger partial charge on any atom is -0.361 e. The van der Waals surface area contributed by atoms with Crippen LogP contribution in [0.4, 0.5) is 5.82 Å². The van der Waals surface area contributed by atoms with Crippen LogP contribution >= 0.6 is 11.6 Å². The van der Waals surface area contributed by atoms with Crippen molar-refractivity contribution in [3.05, 3.63) is 40.8 Å². The van der Waals surface area contributed by atoms with Gasteiger partial charge in [-0.3, -0.25) is 0 Å². The van der Waals surface area contributed by atoms with Crippen LogP contribution in [0.25, 0.3) is 11.3 Å². The number of anilines is 1. The van der Waals surface area contributed by atoms with E-state index >= 15 is 0 Å². The molecule has 36 heavy (non-hydrogen) atoms. The molecule has 0 aliphatic heterocycles. The molecule has 0 amide bonds. The van der Waals surface area contributed by atoms with Crippen molar-refractivity contribution in [3.8, 4) is 0 Å². The zero-order chi connectivity index (χ0) is 26.8. The van der Waals surface area contributed by atoms with Crippen molar-refractivity contribution >= 4 is 48.8 Å². The number of nitrogens with zero attached hydrogens (tertiary/aromatic N) is 7. The van der Waals surface area contributed by atoms with Crippen molar-refractivity contribution in [2.75, 3.05) is 19.0 Å². The molecule has 4 rings (SSSR count). The number of hydrogen-bond donors (Lipinski definition) is 2. The molecule has 4 N–H and O–H groups in total. The van der Waals surface area contributed by atoms with Crippen molar-refractivity contribution in [2.45, 2.75) is 49.6 Å². The third-order valence-electron chi connectivity index (χ3n) is 4.93. The van der Waals surface area contributed by atoms with E-state index in [0.29, 0.717) is 41.3 Å². The second kappa shape index (κ2) is 10.6. The molecule has 0 saturated heterocycles. The summed E-state index contributed by atoms with van der Waals surface area (Å²) in [5, 5.41) is 18.7. The highest BCUT2D eigenvalue weighted by Crippen LogP contribution is 2.20. The largest absolute Gasteiger partial charge is 0.361 e. The summed E-state index contributed by atoms with van der Waals surface area (Å²) in [7, 11) is -4.08. The molecule has 4 heterocycles. The number of primary sulfonamides is 2. The molecule has 0 spiro atoms. The molecule has 0 aliphatic carbocycles. The summed E-state index contributed by atoms with van der Waals surface area (Å²) in [5.74, 6) is 0.637. The van der Waals surface area contributed by atoms with Crippen molar-refractivity contribution < 1.29 is 16.8 Å². The molecule has 0 saturated carbocycles. The molecule has 4 aromatic heterocycles. The number of sulfonamides is 2. The first-order chi connectivity index (χ1) is 16.8. The Kier molecular flexibility index (Phi) is 8.20. The van der Waals surface area contributed by atoms with Crippen molar-refractivity contribution in [1.82, 2.24) is 29.2 Å². The van der Waals surface area contributed by atoms with Gasteiger partial charge in [0, 0.05) is 14.1 Å². The number of aromatic nitrogens is 6. The third kappa shape index (κ3) is 5.92.